The first-order chi connectivity index (χ1) is 5.43. The SMILES string of the molecule is OCCCNC1CCNCC1. The van der Waals surface area contributed by atoms with Crippen molar-refractivity contribution < 1.29 is 5.11 Å². The zero-order valence-corrected chi connectivity index (χ0v) is 6.97. The largest absolute Gasteiger partial charge is 0.396 e. The predicted molar refractivity (Wildman–Crippen MR) is 45.6 cm³/mol. The highest BCUT2D eigenvalue weighted by molar-refractivity contribution is 4.73. The Hall–Kier alpha value is -0.120. The fourth-order valence-electron chi connectivity index (χ4n) is 1.41. The van der Waals surface area contributed by atoms with Crippen LogP contribution in [0.1, 0.15) is 19.3 Å². The normalized spacial score (nSPS) is 20.5. The molecule has 1 fully saturated rings. The van der Waals surface area contributed by atoms with Gasteiger partial charge in [-0.2, -0.15) is 0 Å². The molecule has 66 valence electrons. The van der Waals surface area contributed by atoms with Gasteiger partial charge in [-0.25, -0.2) is 0 Å². The minimum Gasteiger partial charge on any atom is -0.396 e. The van der Waals surface area contributed by atoms with E-state index in [4.69, 9.17) is 5.11 Å². The molecule has 0 atom stereocenters. The molecule has 0 aromatic heterocycles. The first-order valence-corrected chi connectivity index (χ1v) is 4.48. The molecule has 3 nitrogen and oxygen atoms in total. The lowest BCUT2D eigenvalue weighted by Gasteiger charge is -2.23. The van der Waals surface area contributed by atoms with E-state index in [9.17, 15) is 0 Å². The van der Waals surface area contributed by atoms with Crippen LogP contribution in [0.3, 0.4) is 0 Å². The monoisotopic (exact) mass is 158 g/mol. The molecule has 1 rings (SSSR count). The third-order valence-corrected chi connectivity index (χ3v) is 2.11. The third kappa shape index (κ3) is 3.70. The van der Waals surface area contributed by atoms with E-state index >= 15 is 0 Å². The second-order valence-electron chi connectivity index (χ2n) is 3.06. The van der Waals surface area contributed by atoms with E-state index in [1.54, 1.807) is 0 Å². The number of aliphatic hydroxyl groups excluding tert-OH is 1. The average molecular weight is 158 g/mol. The van der Waals surface area contributed by atoms with Crippen LogP contribution in [0.5, 0.6) is 0 Å². The fraction of sp³-hybridized carbons (Fsp3) is 1.00. The zero-order chi connectivity index (χ0) is 7.94. The van der Waals surface area contributed by atoms with Crippen molar-refractivity contribution in [3.05, 3.63) is 0 Å². The van der Waals surface area contributed by atoms with Gasteiger partial charge in [-0.15, -0.1) is 0 Å². The summed E-state index contributed by atoms with van der Waals surface area (Å²) in [7, 11) is 0. The van der Waals surface area contributed by atoms with Crippen LogP contribution in [0.2, 0.25) is 0 Å². The number of hydrogen-bond donors (Lipinski definition) is 3. The standard InChI is InChI=1S/C8H18N2O/c11-7-1-4-10-8-2-5-9-6-3-8/h8-11H,1-7H2. The molecule has 3 heteroatoms. The highest BCUT2D eigenvalue weighted by atomic mass is 16.3. The molecule has 0 amide bonds. The molecule has 1 saturated heterocycles. The van der Waals surface area contributed by atoms with Crippen molar-refractivity contribution in [2.24, 2.45) is 0 Å². The summed E-state index contributed by atoms with van der Waals surface area (Å²) in [5, 5.41) is 15.3. The average Bonchev–Trinajstić information content (AvgIpc) is 2.07. The van der Waals surface area contributed by atoms with Crippen LogP contribution in [0, 0.1) is 0 Å². The summed E-state index contributed by atoms with van der Waals surface area (Å²) in [5.74, 6) is 0. The molecule has 0 spiro atoms. The Morgan fingerprint density at radius 1 is 1.36 bits per heavy atom. The van der Waals surface area contributed by atoms with Crippen LogP contribution >= 0.6 is 0 Å². The van der Waals surface area contributed by atoms with Gasteiger partial charge in [0, 0.05) is 12.6 Å². The van der Waals surface area contributed by atoms with Crippen LogP contribution in [-0.2, 0) is 0 Å². The summed E-state index contributed by atoms with van der Waals surface area (Å²) in [6, 6.07) is 0.683. The number of aliphatic hydroxyl groups is 1. The molecule has 0 aromatic carbocycles. The van der Waals surface area contributed by atoms with Gasteiger partial charge in [-0.05, 0) is 38.9 Å². The smallest absolute Gasteiger partial charge is 0.0443 e. The van der Waals surface area contributed by atoms with Crippen molar-refractivity contribution in [2.75, 3.05) is 26.2 Å². The third-order valence-electron chi connectivity index (χ3n) is 2.11. The molecule has 1 aliphatic rings. The van der Waals surface area contributed by atoms with Crippen LogP contribution in [-0.4, -0.2) is 37.4 Å². The van der Waals surface area contributed by atoms with E-state index in [1.165, 1.54) is 12.8 Å². The second kappa shape index (κ2) is 5.52. The molecule has 0 aliphatic carbocycles. The Morgan fingerprint density at radius 3 is 2.73 bits per heavy atom. The van der Waals surface area contributed by atoms with Crippen molar-refractivity contribution in [3.8, 4) is 0 Å². The van der Waals surface area contributed by atoms with E-state index < -0.39 is 0 Å². The number of piperidine rings is 1. The first kappa shape index (κ1) is 8.97. The van der Waals surface area contributed by atoms with Crippen LogP contribution in [0.15, 0.2) is 0 Å². The van der Waals surface area contributed by atoms with Gasteiger partial charge in [0.1, 0.15) is 0 Å². The summed E-state index contributed by atoms with van der Waals surface area (Å²) < 4.78 is 0. The minimum absolute atomic E-state index is 0.304. The van der Waals surface area contributed by atoms with E-state index in [-0.39, 0.29) is 0 Å². The highest BCUT2D eigenvalue weighted by Gasteiger charge is 2.10. The maximum atomic E-state index is 8.54. The van der Waals surface area contributed by atoms with Gasteiger partial charge in [0.25, 0.3) is 0 Å². The molecule has 0 saturated carbocycles. The molecular weight excluding hydrogens is 140 g/mol. The lowest BCUT2D eigenvalue weighted by molar-refractivity contribution is 0.279. The molecule has 0 aromatic rings. The van der Waals surface area contributed by atoms with Gasteiger partial charge in [0.05, 0.1) is 0 Å². The van der Waals surface area contributed by atoms with Crippen LogP contribution < -0.4 is 10.6 Å². The summed E-state index contributed by atoms with van der Waals surface area (Å²) >= 11 is 0. The van der Waals surface area contributed by atoms with Gasteiger partial charge < -0.3 is 15.7 Å². The fourth-order valence-corrected chi connectivity index (χ4v) is 1.41. The Labute approximate surface area is 68.2 Å². The van der Waals surface area contributed by atoms with E-state index in [0.29, 0.717) is 12.6 Å². The Bertz CT molecular complexity index is 92.1. The second-order valence-corrected chi connectivity index (χ2v) is 3.06. The maximum absolute atomic E-state index is 8.54. The van der Waals surface area contributed by atoms with Gasteiger partial charge >= 0.3 is 0 Å². The maximum Gasteiger partial charge on any atom is 0.0443 e. The van der Waals surface area contributed by atoms with Crippen molar-refractivity contribution in [1.29, 1.82) is 0 Å². The number of nitrogens with one attached hydrogen (secondary N) is 2. The summed E-state index contributed by atoms with van der Waals surface area (Å²) in [4.78, 5) is 0. The lowest BCUT2D eigenvalue weighted by Crippen LogP contribution is -2.40. The van der Waals surface area contributed by atoms with Gasteiger partial charge in [-0.1, -0.05) is 0 Å². The van der Waals surface area contributed by atoms with Crippen LogP contribution in [0.4, 0.5) is 0 Å². The Morgan fingerprint density at radius 2 is 2.09 bits per heavy atom. The summed E-state index contributed by atoms with van der Waals surface area (Å²) in [6.45, 7) is 3.53. The first-order valence-electron chi connectivity index (χ1n) is 4.48. The van der Waals surface area contributed by atoms with Gasteiger partial charge in [-0.3, -0.25) is 0 Å². The predicted octanol–water partition coefficient (Wildman–Crippen LogP) is -0.290. The molecule has 1 heterocycles. The highest BCUT2D eigenvalue weighted by Crippen LogP contribution is 2.00. The molecule has 0 radical (unpaired) electrons. The van der Waals surface area contributed by atoms with Crippen molar-refractivity contribution >= 4 is 0 Å². The molecule has 3 N–H and O–H groups in total. The lowest BCUT2D eigenvalue weighted by atomic mass is 10.1. The Kier molecular flexibility index (Phi) is 4.50. The topological polar surface area (TPSA) is 44.3 Å². The van der Waals surface area contributed by atoms with Crippen molar-refractivity contribution in [3.63, 3.8) is 0 Å². The van der Waals surface area contributed by atoms with Gasteiger partial charge in [0.15, 0.2) is 0 Å². The Balaban J connectivity index is 1.96. The number of hydrogen-bond acceptors (Lipinski definition) is 3. The summed E-state index contributed by atoms with van der Waals surface area (Å²) in [5.41, 5.74) is 0. The van der Waals surface area contributed by atoms with Crippen molar-refractivity contribution in [1.82, 2.24) is 10.6 Å². The molecule has 0 unspecified atom stereocenters. The zero-order valence-electron chi connectivity index (χ0n) is 6.97. The van der Waals surface area contributed by atoms with E-state index in [2.05, 4.69) is 10.6 Å². The van der Waals surface area contributed by atoms with E-state index in [1.807, 2.05) is 0 Å². The van der Waals surface area contributed by atoms with Gasteiger partial charge in [0.2, 0.25) is 0 Å². The molecule has 11 heavy (non-hydrogen) atoms. The summed E-state index contributed by atoms with van der Waals surface area (Å²) in [6.07, 6.45) is 3.33. The number of rotatable bonds is 4. The molecule has 1 aliphatic heterocycles. The molecular formula is C8H18N2O. The minimum atomic E-state index is 0.304. The van der Waals surface area contributed by atoms with E-state index in [0.717, 1.165) is 26.1 Å². The molecule has 0 bridgehead atoms. The van der Waals surface area contributed by atoms with Crippen molar-refractivity contribution in [2.45, 2.75) is 25.3 Å². The quantitative estimate of drug-likeness (QED) is 0.493. The van der Waals surface area contributed by atoms with Crippen LogP contribution in [0.25, 0.3) is 0 Å².